The Morgan fingerprint density at radius 1 is 1.39 bits per heavy atom. The van der Waals surface area contributed by atoms with E-state index in [1.54, 1.807) is 19.1 Å². The Morgan fingerprint density at radius 3 is 2.74 bits per heavy atom. The maximum atomic E-state index is 12.7. The average molecular weight is 380 g/mol. The van der Waals surface area contributed by atoms with Gasteiger partial charge in [0.15, 0.2) is 0 Å². The predicted octanol–water partition coefficient (Wildman–Crippen LogP) is 1.74. The van der Waals surface area contributed by atoms with Crippen LogP contribution in [0.25, 0.3) is 0 Å². The first-order valence-corrected chi connectivity index (χ1v) is 8.37. The number of imide groups is 1. The molecule has 0 aromatic heterocycles. The highest BCUT2D eigenvalue weighted by molar-refractivity contribution is 9.10. The predicted molar refractivity (Wildman–Crippen MR) is 87.5 cm³/mol. The molecule has 2 fully saturated rings. The smallest absolute Gasteiger partial charge is 0.325 e. The summed E-state index contributed by atoms with van der Waals surface area (Å²) < 4.78 is 0.733. The first kappa shape index (κ1) is 16.0. The van der Waals surface area contributed by atoms with E-state index in [9.17, 15) is 14.4 Å². The Hall–Kier alpha value is -1.89. The second-order valence-corrected chi connectivity index (χ2v) is 7.03. The molecule has 0 spiro atoms. The van der Waals surface area contributed by atoms with E-state index in [0.717, 1.165) is 22.2 Å². The molecular formula is C16H18BrN3O3. The number of halogens is 1. The van der Waals surface area contributed by atoms with Crippen LogP contribution < -0.4 is 10.6 Å². The first-order chi connectivity index (χ1) is 10.9. The van der Waals surface area contributed by atoms with Gasteiger partial charge in [0.1, 0.15) is 12.1 Å². The number of nitrogens with one attached hydrogen (secondary N) is 2. The third-order valence-corrected chi connectivity index (χ3v) is 4.97. The Labute approximate surface area is 142 Å². The SMILES string of the molecule is CC1(c2ccccc2Br)NC(=O)N(CC(=O)NCC2CC2)C1=O. The highest BCUT2D eigenvalue weighted by Gasteiger charge is 2.50. The second kappa shape index (κ2) is 5.96. The first-order valence-electron chi connectivity index (χ1n) is 7.57. The van der Waals surface area contributed by atoms with Crippen molar-refractivity contribution in [2.24, 2.45) is 5.92 Å². The molecule has 1 atom stereocenters. The van der Waals surface area contributed by atoms with Crippen molar-refractivity contribution in [3.05, 3.63) is 34.3 Å². The number of carbonyl (C=O) groups is 3. The topological polar surface area (TPSA) is 78.5 Å². The molecule has 0 radical (unpaired) electrons. The summed E-state index contributed by atoms with van der Waals surface area (Å²) in [6, 6.07) is 6.68. The summed E-state index contributed by atoms with van der Waals surface area (Å²) in [6.45, 7) is 2.01. The van der Waals surface area contributed by atoms with Crippen LogP contribution in [0.15, 0.2) is 28.7 Å². The van der Waals surface area contributed by atoms with Crippen molar-refractivity contribution < 1.29 is 14.4 Å². The number of hydrogen-bond donors (Lipinski definition) is 2. The molecular weight excluding hydrogens is 362 g/mol. The number of amides is 4. The van der Waals surface area contributed by atoms with E-state index in [0.29, 0.717) is 18.0 Å². The standard InChI is InChI=1S/C16H18BrN3O3/c1-16(11-4-2-3-5-12(11)17)14(22)20(15(23)19-16)9-13(21)18-8-10-6-7-10/h2-5,10H,6-9H2,1H3,(H,18,21)(H,19,23). The zero-order valence-electron chi connectivity index (χ0n) is 12.8. The molecule has 2 aliphatic rings. The van der Waals surface area contributed by atoms with Crippen LogP contribution in [0.3, 0.4) is 0 Å². The molecule has 3 rings (SSSR count). The Morgan fingerprint density at radius 2 is 2.09 bits per heavy atom. The maximum Gasteiger partial charge on any atom is 0.325 e. The van der Waals surface area contributed by atoms with E-state index in [4.69, 9.17) is 0 Å². The van der Waals surface area contributed by atoms with Crippen molar-refractivity contribution >= 4 is 33.8 Å². The lowest BCUT2D eigenvalue weighted by Crippen LogP contribution is -2.43. The fourth-order valence-corrected chi connectivity index (χ4v) is 3.35. The van der Waals surface area contributed by atoms with Gasteiger partial charge < -0.3 is 10.6 Å². The largest absolute Gasteiger partial charge is 0.354 e. The molecule has 122 valence electrons. The summed E-state index contributed by atoms with van der Waals surface area (Å²) in [7, 11) is 0. The number of benzene rings is 1. The maximum absolute atomic E-state index is 12.7. The number of urea groups is 1. The second-order valence-electron chi connectivity index (χ2n) is 6.17. The summed E-state index contributed by atoms with van der Waals surface area (Å²) in [5.74, 6) is -0.180. The van der Waals surface area contributed by atoms with E-state index >= 15 is 0 Å². The number of rotatable bonds is 5. The van der Waals surface area contributed by atoms with Gasteiger partial charge in [0.2, 0.25) is 5.91 Å². The van der Waals surface area contributed by atoms with Crippen LogP contribution in [0.4, 0.5) is 4.79 Å². The molecule has 1 aromatic rings. The molecule has 1 aromatic carbocycles. The fraction of sp³-hybridized carbons (Fsp3) is 0.438. The lowest BCUT2D eigenvalue weighted by atomic mass is 9.92. The van der Waals surface area contributed by atoms with Gasteiger partial charge in [-0.1, -0.05) is 34.1 Å². The van der Waals surface area contributed by atoms with Crippen LogP contribution in [0.2, 0.25) is 0 Å². The molecule has 1 unspecified atom stereocenters. The lowest BCUT2D eigenvalue weighted by molar-refractivity contribution is -0.134. The summed E-state index contributed by atoms with van der Waals surface area (Å²) in [4.78, 5) is 37.8. The van der Waals surface area contributed by atoms with Gasteiger partial charge in [-0.3, -0.25) is 14.5 Å². The van der Waals surface area contributed by atoms with Crippen molar-refractivity contribution in [2.75, 3.05) is 13.1 Å². The van der Waals surface area contributed by atoms with Gasteiger partial charge in [-0.25, -0.2) is 4.79 Å². The molecule has 1 heterocycles. The van der Waals surface area contributed by atoms with Gasteiger partial charge >= 0.3 is 6.03 Å². The molecule has 1 saturated heterocycles. The van der Waals surface area contributed by atoms with Crippen LogP contribution in [-0.2, 0) is 15.1 Å². The molecule has 1 saturated carbocycles. The number of carbonyl (C=O) groups excluding carboxylic acids is 3. The molecule has 6 nitrogen and oxygen atoms in total. The van der Waals surface area contributed by atoms with E-state index in [1.165, 1.54) is 0 Å². The summed E-state index contributed by atoms with van der Waals surface area (Å²) >= 11 is 3.41. The van der Waals surface area contributed by atoms with Crippen LogP contribution in [0.1, 0.15) is 25.3 Å². The van der Waals surface area contributed by atoms with Crippen LogP contribution >= 0.6 is 15.9 Å². The van der Waals surface area contributed by atoms with Crippen LogP contribution in [0.5, 0.6) is 0 Å². The highest BCUT2D eigenvalue weighted by Crippen LogP contribution is 2.33. The van der Waals surface area contributed by atoms with Crippen LogP contribution in [-0.4, -0.2) is 35.8 Å². The van der Waals surface area contributed by atoms with E-state index in [2.05, 4.69) is 26.6 Å². The van der Waals surface area contributed by atoms with Crippen molar-refractivity contribution in [3.8, 4) is 0 Å². The zero-order valence-corrected chi connectivity index (χ0v) is 14.4. The monoisotopic (exact) mass is 379 g/mol. The quantitative estimate of drug-likeness (QED) is 0.764. The molecule has 1 aliphatic carbocycles. The minimum absolute atomic E-state index is 0.253. The fourth-order valence-electron chi connectivity index (χ4n) is 2.67. The van der Waals surface area contributed by atoms with Gasteiger partial charge in [-0.05, 0) is 31.7 Å². The normalized spacial score (nSPS) is 23.8. The summed E-state index contributed by atoms with van der Waals surface area (Å²) in [6.07, 6.45) is 2.26. The minimum atomic E-state index is -1.17. The minimum Gasteiger partial charge on any atom is -0.354 e. The van der Waals surface area contributed by atoms with Gasteiger partial charge in [0.05, 0.1) is 0 Å². The van der Waals surface area contributed by atoms with Gasteiger partial charge in [0, 0.05) is 16.6 Å². The molecule has 4 amide bonds. The van der Waals surface area contributed by atoms with Gasteiger partial charge in [-0.2, -0.15) is 0 Å². The van der Waals surface area contributed by atoms with E-state index < -0.39 is 17.5 Å². The summed E-state index contributed by atoms with van der Waals surface area (Å²) in [5, 5.41) is 5.47. The van der Waals surface area contributed by atoms with Crippen LogP contribution in [0, 0.1) is 5.92 Å². The van der Waals surface area contributed by atoms with Crippen molar-refractivity contribution in [3.63, 3.8) is 0 Å². The lowest BCUT2D eigenvalue weighted by Gasteiger charge is -2.23. The average Bonchev–Trinajstić information content (AvgIpc) is 3.31. The van der Waals surface area contributed by atoms with Crippen molar-refractivity contribution in [1.29, 1.82) is 0 Å². The van der Waals surface area contributed by atoms with Gasteiger partial charge in [0.25, 0.3) is 5.91 Å². The number of hydrogen-bond acceptors (Lipinski definition) is 3. The molecule has 0 bridgehead atoms. The van der Waals surface area contributed by atoms with Crippen molar-refractivity contribution in [2.45, 2.75) is 25.3 Å². The third kappa shape index (κ3) is 3.10. The molecule has 23 heavy (non-hydrogen) atoms. The summed E-state index contributed by atoms with van der Waals surface area (Å²) in [5.41, 5.74) is -0.507. The third-order valence-electron chi connectivity index (χ3n) is 4.27. The highest BCUT2D eigenvalue weighted by atomic mass is 79.9. The Balaban J connectivity index is 1.74. The molecule has 2 N–H and O–H groups in total. The molecule has 7 heteroatoms. The van der Waals surface area contributed by atoms with E-state index in [-0.39, 0.29) is 12.5 Å². The van der Waals surface area contributed by atoms with E-state index in [1.807, 2.05) is 12.1 Å². The van der Waals surface area contributed by atoms with Crippen molar-refractivity contribution in [1.82, 2.24) is 15.5 Å². The van der Waals surface area contributed by atoms with Gasteiger partial charge in [-0.15, -0.1) is 0 Å². The Bertz CT molecular complexity index is 674. The number of nitrogens with zero attached hydrogens (tertiary/aromatic N) is 1. The zero-order chi connectivity index (χ0) is 16.6. The molecule has 1 aliphatic heterocycles. The Kier molecular flexibility index (Phi) is 4.14.